The number of rotatable bonds is 6. The molecule has 0 spiro atoms. The van der Waals surface area contributed by atoms with Crippen molar-refractivity contribution in [1.82, 2.24) is 4.98 Å². The van der Waals surface area contributed by atoms with Gasteiger partial charge in [0.05, 0.1) is 12.3 Å². The van der Waals surface area contributed by atoms with Crippen LogP contribution in [0, 0.1) is 0 Å². The van der Waals surface area contributed by atoms with Crippen molar-refractivity contribution in [3.63, 3.8) is 0 Å². The predicted octanol–water partition coefficient (Wildman–Crippen LogP) is 4.14. The normalized spacial score (nSPS) is 10.2. The first-order chi connectivity index (χ1) is 9.29. The molecule has 1 aromatic carbocycles. The van der Waals surface area contributed by atoms with Crippen LogP contribution in [-0.4, -0.2) is 11.6 Å². The third kappa shape index (κ3) is 4.14. The van der Waals surface area contributed by atoms with E-state index in [4.69, 9.17) is 16.3 Å². The largest absolute Gasteiger partial charge is 0.494 e. The van der Waals surface area contributed by atoms with Gasteiger partial charge in [0, 0.05) is 12.7 Å². The van der Waals surface area contributed by atoms with Crippen LogP contribution < -0.4 is 10.1 Å². The SMILES string of the molecule is CCCOc1ccc(CNc2cccnc2Cl)cc1. The van der Waals surface area contributed by atoms with Crippen LogP contribution in [0.4, 0.5) is 5.69 Å². The highest BCUT2D eigenvalue weighted by Crippen LogP contribution is 2.19. The Hall–Kier alpha value is -1.74. The Labute approximate surface area is 118 Å². The Balaban J connectivity index is 1.91. The first-order valence-corrected chi connectivity index (χ1v) is 6.73. The molecule has 1 heterocycles. The molecule has 0 saturated heterocycles. The molecule has 0 aliphatic heterocycles. The molecule has 1 aromatic heterocycles. The third-order valence-corrected chi connectivity index (χ3v) is 2.94. The highest BCUT2D eigenvalue weighted by Gasteiger charge is 2.00. The van der Waals surface area contributed by atoms with Crippen LogP contribution in [0.2, 0.25) is 5.15 Å². The molecule has 0 aliphatic rings. The average Bonchev–Trinajstić information content (AvgIpc) is 2.45. The van der Waals surface area contributed by atoms with Crippen LogP contribution in [-0.2, 0) is 6.54 Å². The third-order valence-electron chi connectivity index (χ3n) is 2.64. The van der Waals surface area contributed by atoms with Gasteiger partial charge >= 0.3 is 0 Å². The van der Waals surface area contributed by atoms with Crippen LogP contribution in [0.3, 0.4) is 0 Å². The van der Waals surface area contributed by atoms with Crippen molar-refractivity contribution in [2.75, 3.05) is 11.9 Å². The maximum absolute atomic E-state index is 5.98. The fourth-order valence-corrected chi connectivity index (χ4v) is 1.82. The van der Waals surface area contributed by atoms with Gasteiger partial charge in [-0.3, -0.25) is 0 Å². The van der Waals surface area contributed by atoms with E-state index in [1.807, 2.05) is 36.4 Å². The number of benzene rings is 1. The molecule has 2 rings (SSSR count). The molecule has 4 heteroatoms. The molecule has 0 saturated carbocycles. The van der Waals surface area contributed by atoms with E-state index in [9.17, 15) is 0 Å². The number of nitrogens with zero attached hydrogens (tertiary/aromatic N) is 1. The van der Waals surface area contributed by atoms with E-state index < -0.39 is 0 Å². The van der Waals surface area contributed by atoms with Crippen LogP contribution in [0.25, 0.3) is 0 Å². The summed E-state index contributed by atoms with van der Waals surface area (Å²) in [5, 5.41) is 3.75. The number of hydrogen-bond donors (Lipinski definition) is 1. The van der Waals surface area contributed by atoms with Crippen molar-refractivity contribution in [1.29, 1.82) is 0 Å². The van der Waals surface area contributed by atoms with E-state index in [-0.39, 0.29) is 0 Å². The first-order valence-electron chi connectivity index (χ1n) is 6.35. The molecule has 0 radical (unpaired) electrons. The summed E-state index contributed by atoms with van der Waals surface area (Å²) in [7, 11) is 0. The second kappa shape index (κ2) is 7.00. The van der Waals surface area contributed by atoms with Gasteiger partial charge < -0.3 is 10.1 Å². The molecule has 0 amide bonds. The highest BCUT2D eigenvalue weighted by atomic mass is 35.5. The summed E-state index contributed by atoms with van der Waals surface area (Å²) in [5.41, 5.74) is 2.01. The first kappa shape index (κ1) is 13.7. The Kier molecular flexibility index (Phi) is 5.04. The smallest absolute Gasteiger partial charge is 0.152 e. The standard InChI is InChI=1S/C15H17ClN2O/c1-2-10-19-13-7-5-12(6-8-13)11-18-14-4-3-9-17-15(14)16/h3-9,18H,2,10-11H2,1H3. The minimum absolute atomic E-state index is 0.491. The van der Waals surface area contributed by atoms with Crippen molar-refractivity contribution < 1.29 is 4.74 Å². The van der Waals surface area contributed by atoms with Gasteiger partial charge in [0.2, 0.25) is 0 Å². The number of ether oxygens (including phenoxy) is 1. The van der Waals surface area contributed by atoms with Crippen molar-refractivity contribution in [3.8, 4) is 5.75 Å². The van der Waals surface area contributed by atoms with Gasteiger partial charge in [0.25, 0.3) is 0 Å². The van der Waals surface area contributed by atoms with E-state index in [1.165, 1.54) is 5.56 Å². The van der Waals surface area contributed by atoms with Gasteiger partial charge in [-0.1, -0.05) is 30.7 Å². The Morgan fingerprint density at radius 2 is 2.00 bits per heavy atom. The Bertz CT molecular complexity index is 514. The van der Waals surface area contributed by atoms with Gasteiger partial charge in [0.1, 0.15) is 5.75 Å². The van der Waals surface area contributed by atoms with Gasteiger partial charge in [-0.15, -0.1) is 0 Å². The van der Waals surface area contributed by atoms with Gasteiger partial charge in [0.15, 0.2) is 5.15 Å². The summed E-state index contributed by atoms with van der Waals surface area (Å²) in [6.07, 6.45) is 2.69. The molecular weight excluding hydrogens is 260 g/mol. The van der Waals surface area contributed by atoms with Crippen molar-refractivity contribution in [3.05, 3.63) is 53.3 Å². The summed E-state index contributed by atoms with van der Waals surface area (Å²) >= 11 is 5.98. The lowest BCUT2D eigenvalue weighted by atomic mass is 10.2. The minimum atomic E-state index is 0.491. The van der Waals surface area contributed by atoms with E-state index in [0.29, 0.717) is 11.7 Å². The average molecular weight is 277 g/mol. The van der Waals surface area contributed by atoms with Crippen LogP contribution >= 0.6 is 11.6 Å². The van der Waals surface area contributed by atoms with Crippen LogP contribution in [0.1, 0.15) is 18.9 Å². The molecule has 0 aliphatic carbocycles. The quantitative estimate of drug-likeness (QED) is 0.806. The number of halogens is 1. The maximum Gasteiger partial charge on any atom is 0.152 e. The van der Waals surface area contributed by atoms with Gasteiger partial charge in [-0.05, 0) is 36.2 Å². The lowest BCUT2D eigenvalue weighted by molar-refractivity contribution is 0.317. The second-order valence-corrected chi connectivity index (χ2v) is 4.55. The zero-order valence-electron chi connectivity index (χ0n) is 10.9. The summed E-state index contributed by atoms with van der Waals surface area (Å²) < 4.78 is 5.54. The monoisotopic (exact) mass is 276 g/mol. The summed E-state index contributed by atoms with van der Waals surface area (Å²) in [5.74, 6) is 0.907. The molecule has 0 bridgehead atoms. The molecule has 1 N–H and O–H groups in total. The number of aromatic nitrogens is 1. The predicted molar refractivity (Wildman–Crippen MR) is 78.8 cm³/mol. The fraction of sp³-hybridized carbons (Fsp3) is 0.267. The molecule has 0 atom stereocenters. The molecular formula is C15H17ClN2O. The summed E-state index contributed by atoms with van der Waals surface area (Å²) in [6.45, 7) is 3.55. The maximum atomic E-state index is 5.98. The molecule has 0 fully saturated rings. The molecule has 0 unspecified atom stereocenters. The van der Waals surface area contributed by atoms with E-state index in [1.54, 1.807) is 6.20 Å². The lowest BCUT2D eigenvalue weighted by Crippen LogP contribution is -2.01. The molecule has 100 valence electrons. The highest BCUT2D eigenvalue weighted by molar-refractivity contribution is 6.31. The van der Waals surface area contributed by atoms with Crippen molar-refractivity contribution >= 4 is 17.3 Å². The van der Waals surface area contributed by atoms with E-state index in [2.05, 4.69) is 17.2 Å². The van der Waals surface area contributed by atoms with E-state index >= 15 is 0 Å². The van der Waals surface area contributed by atoms with Crippen LogP contribution in [0.15, 0.2) is 42.6 Å². The number of hydrogen-bond acceptors (Lipinski definition) is 3. The lowest BCUT2D eigenvalue weighted by Gasteiger charge is -2.09. The minimum Gasteiger partial charge on any atom is -0.494 e. The van der Waals surface area contributed by atoms with Crippen molar-refractivity contribution in [2.24, 2.45) is 0 Å². The van der Waals surface area contributed by atoms with Crippen LogP contribution in [0.5, 0.6) is 5.75 Å². The van der Waals surface area contributed by atoms with Gasteiger partial charge in [-0.25, -0.2) is 4.98 Å². The Morgan fingerprint density at radius 3 is 2.68 bits per heavy atom. The molecule has 2 aromatic rings. The number of pyridine rings is 1. The van der Waals surface area contributed by atoms with Gasteiger partial charge in [-0.2, -0.15) is 0 Å². The van der Waals surface area contributed by atoms with E-state index in [0.717, 1.165) is 24.5 Å². The molecule has 3 nitrogen and oxygen atoms in total. The second-order valence-electron chi connectivity index (χ2n) is 4.19. The zero-order chi connectivity index (χ0) is 13.5. The van der Waals surface area contributed by atoms with Crippen molar-refractivity contribution in [2.45, 2.75) is 19.9 Å². The fourth-order valence-electron chi connectivity index (χ4n) is 1.64. The number of anilines is 1. The topological polar surface area (TPSA) is 34.1 Å². The summed E-state index contributed by atoms with van der Waals surface area (Å²) in [6, 6.07) is 11.8. The Morgan fingerprint density at radius 1 is 1.21 bits per heavy atom. The molecule has 19 heavy (non-hydrogen) atoms. The zero-order valence-corrected chi connectivity index (χ0v) is 11.7. The summed E-state index contributed by atoms with van der Waals surface area (Å²) in [4.78, 5) is 4.02. The number of nitrogens with one attached hydrogen (secondary N) is 1.